The van der Waals surface area contributed by atoms with Crippen molar-refractivity contribution < 1.29 is 4.39 Å². The van der Waals surface area contributed by atoms with Crippen LogP contribution in [0.2, 0.25) is 0 Å². The normalized spacial score (nSPS) is 10.3. The molecule has 0 aliphatic rings. The maximum Gasteiger partial charge on any atom is 0.124 e. The Labute approximate surface area is 137 Å². The van der Waals surface area contributed by atoms with Crippen LogP contribution in [-0.2, 0) is 0 Å². The molecular weight excluding hydrogens is 442 g/mol. The topological polar surface area (TPSA) is 38.0 Å². The molecule has 0 unspecified atom stereocenters. The largest absolute Gasteiger partial charge is 0.389 e. The molecule has 0 aliphatic carbocycles. The molecular formula is C13H9BrFIN2S. The fraction of sp³-hybridized carbons (Fsp3) is 0. The van der Waals surface area contributed by atoms with Crippen LogP contribution in [0.3, 0.4) is 0 Å². The van der Waals surface area contributed by atoms with Gasteiger partial charge < -0.3 is 11.1 Å². The zero-order valence-corrected chi connectivity index (χ0v) is 14.1. The molecule has 0 bridgehead atoms. The summed E-state index contributed by atoms with van der Waals surface area (Å²) in [4.78, 5) is 0.342. The molecule has 6 heteroatoms. The number of hydrogen-bond acceptors (Lipinski definition) is 2. The highest BCUT2D eigenvalue weighted by Crippen LogP contribution is 2.27. The van der Waals surface area contributed by atoms with E-state index < -0.39 is 0 Å². The van der Waals surface area contributed by atoms with Gasteiger partial charge in [0.2, 0.25) is 0 Å². The van der Waals surface area contributed by atoms with Gasteiger partial charge >= 0.3 is 0 Å². The van der Waals surface area contributed by atoms with E-state index >= 15 is 0 Å². The summed E-state index contributed by atoms with van der Waals surface area (Å²) < 4.78 is 14.7. The Morgan fingerprint density at radius 1 is 1.26 bits per heavy atom. The fourth-order valence-corrected chi connectivity index (χ4v) is 3.05. The predicted octanol–water partition coefficient (Wildman–Crippen LogP) is 4.57. The van der Waals surface area contributed by atoms with Crippen molar-refractivity contribution in [2.45, 2.75) is 0 Å². The van der Waals surface area contributed by atoms with Crippen LogP contribution in [0.25, 0.3) is 0 Å². The van der Waals surface area contributed by atoms with Crippen LogP contribution in [0.15, 0.2) is 40.9 Å². The number of anilines is 2. The van der Waals surface area contributed by atoms with Gasteiger partial charge in [0.15, 0.2) is 0 Å². The minimum absolute atomic E-state index is 0.250. The Morgan fingerprint density at radius 2 is 2.00 bits per heavy atom. The Kier molecular flexibility index (Phi) is 4.75. The zero-order chi connectivity index (χ0) is 14.0. The zero-order valence-electron chi connectivity index (χ0n) is 9.58. The van der Waals surface area contributed by atoms with Crippen molar-refractivity contribution in [2.24, 2.45) is 5.73 Å². The van der Waals surface area contributed by atoms with E-state index in [1.165, 1.54) is 12.1 Å². The molecule has 0 saturated heterocycles. The molecule has 0 aromatic heterocycles. The third-order valence-electron chi connectivity index (χ3n) is 2.44. The van der Waals surface area contributed by atoms with Gasteiger partial charge in [0, 0.05) is 19.3 Å². The van der Waals surface area contributed by atoms with Gasteiger partial charge in [0.1, 0.15) is 10.8 Å². The van der Waals surface area contributed by atoms with Gasteiger partial charge in [-0.25, -0.2) is 4.39 Å². The molecule has 0 radical (unpaired) electrons. The van der Waals surface area contributed by atoms with E-state index in [-0.39, 0.29) is 5.82 Å². The molecule has 19 heavy (non-hydrogen) atoms. The van der Waals surface area contributed by atoms with E-state index in [4.69, 9.17) is 18.0 Å². The van der Waals surface area contributed by atoms with Crippen molar-refractivity contribution in [3.63, 3.8) is 0 Å². The van der Waals surface area contributed by atoms with Crippen molar-refractivity contribution in [3.8, 4) is 0 Å². The smallest absolute Gasteiger partial charge is 0.124 e. The number of nitrogens with one attached hydrogen (secondary N) is 1. The molecule has 2 rings (SSSR count). The van der Waals surface area contributed by atoms with Gasteiger partial charge in [-0.05, 0) is 74.9 Å². The second-order valence-electron chi connectivity index (χ2n) is 3.81. The van der Waals surface area contributed by atoms with Crippen molar-refractivity contribution in [3.05, 3.63) is 55.8 Å². The van der Waals surface area contributed by atoms with E-state index in [0.717, 1.165) is 25.0 Å². The fourth-order valence-electron chi connectivity index (χ4n) is 1.54. The van der Waals surface area contributed by atoms with Crippen LogP contribution in [0.5, 0.6) is 0 Å². The van der Waals surface area contributed by atoms with Crippen LogP contribution in [0.4, 0.5) is 15.8 Å². The molecule has 0 saturated carbocycles. The molecule has 0 heterocycles. The van der Waals surface area contributed by atoms with Gasteiger partial charge in [-0.2, -0.15) is 0 Å². The quantitative estimate of drug-likeness (QED) is 0.531. The Morgan fingerprint density at radius 3 is 2.58 bits per heavy atom. The number of hydrogen-bond donors (Lipinski definition) is 2. The standard InChI is InChI=1S/C13H9BrFIN2S/c14-10-6-8(2-3-9(10)13(17)19)18-12-4-1-7(15)5-11(12)16/h1-6,18H,(H2,17,19). The number of halogens is 3. The van der Waals surface area contributed by atoms with Crippen molar-refractivity contribution in [1.29, 1.82) is 0 Å². The first-order valence-corrected chi connectivity index (χ1v) is 7.57. The maximum atomic E-state index is 13.0. The lowest BCUT2D eigenvalue weighted by Gasteiger charge is -2.10. The van der Waals surface area contributed by atoms with Crippen LogP contribution in [0.1, 0.15) is 5.56 Å². The summed E-state index contributed by atoms with van der Waals surface area (Å²) in [5, 5.41) is 3.22. The lowest BCUT2D eigenvalue weighted by atomic mass is 10.2. The number of rotatable bonds is 3. The molecule has 0 spiro atoms. The van der Waals surface area contributed by atoms with E-state index in [9.17, 15) is 4.39 Å². The highest BCUT2D eigenvalue weighted by Gasteiger charge is 2.06. The Bertz CT molecular complexity index is 649. The molecule has 2 aromatic carbocycles. The molecule has 2 nitrogen and oxygen atoms in total. The van der Waals surface area contributed by atoms with Crippen LogP contribution in [-0.4, -0.2) is 4.99 Å². The van der Waals surface area contributed by atoms with Crippen molar-refractivity contribution >= 4 is 67.1 Å². The first-order valence-electron chi connectivity index (χ1n) is 5.29. The average molecular weight is 451 g/mol. The van der Waals surface area contributed by atoms with Gasteiger partial charge in [0.25, 0.3) is 0 Å². The van der Waals surface area contributed by atoms with Crippen molar-refractivity contribution in [2.75, 3.05) is 5.32 Å². The van der Waals surface area contributed by atoms with Crippen LogP contribution >= 0.6 is 50.7 Å². The van der Waals surface area contributed by atoms with E-state index in [0.29, 0.717) is 4.99 Å². The summed E-state index contributed by atoms with van der Waals surface area (Å²) in [6.07, 6.45) is 0. The van der Waals surface area contributed by atoms with E-state index in [2.05, 4.69) is 43.8 Å². The lowest BCUT2D eigenvalue weighted by Crippen LogP contribution is -2.10. The summed E-state index contributed by atoms with van der Waals surface area (Å²) in [5.41, 5.74) is 8.10. The summed E-state index contributed by atoms with van der Waals surface area (Å²) in [5.74, 6) is -0.250. The maximum absolute atomic E-state index is 13.0. The number of thiocarbonyl (C=S) groups is 1. The second-order valence-corrected chi connectivity index (χ2v) is 6.26. The highest BCUT2D eigenvalue weighted by atomic mass is 127. The minimum Gasteiger partial charge on any atom is -0.389 e. The minimum atomic E-state index is -0.250. The van der Waals surface area contributed by atoms with Gasteiger partial charge in [-0.3, -0.25) is 0 Å². The Hall–Kier alpha value is -0.730. The SMILES string of the molecule is NC(=S)c1ccc(Nc2ccc(F)cc2I)cc1Br. The highest BCUT2D eigenvalue weighted by molar-refractivity contribution is 14.1. The Balaban J connectivity index is 2.29. The average Bonchev–Trinajstić information content (AvgIpc) is 2.32. The van der Waals surface area contributed by atoms with E-state index in [1.807, 2.05) is 18.2 Å². The molecule has 0 aliphatic heterocycles. The first-order chi connectivity index (χ1) is 8.97. The molecule has 98 valence electrons. The van der Waals surface area contributed by atoms with Gasteiger partial charge in [-0.1, -0.05) is 12.2 Å². The van der Waals surface area contributed by atoms with Gasteiger partial charge in [-0.15, -0.1) is 0 Å². The monoisotopic (exact) mass is 450 g/mol. The van der Waals surface area contributed by atoms with Crippen LogP contribution < -0.4 is 11.1 Å². The summed E-state index contributed by atoms with van der Waals surface area (Å²) in [6, 6.07) is 10.2. The number of benzene rings is 2. The van der Waals surface area contributed by atoms with Gasteiger partial charge in [0.05, 0.1) is 5.69 Å². The molecule has 0 amide bonds. The third-order valence-corrected chi connectivity index (χ3v) is 4.21. The molecule has 0 fully saturated rings. The van der Waals surface area contributed by atoms with E-state index in [1.54, 1.807) is 6.07 Å². The molecule has 2 aromatic rings. The first kappa shape index (κ1) is 14.7. The lowest BCUT2D eigenvalue weighted by molar-refractivity contribution is 0.627. The third kappa shape index (κ3) is 3.64. The molecule has 0 atom stereocenters. The van der Waals surface area contributed by atoms with Crippen molar-refractivity contribution in [1.82, 2.24) is 0 Å². The molecule has 3 N–H and O–H groups in total. The summed E-state index contributed by atoms with van der Waals surface area (Å²) in [7, 11) is 0. The second kappa shape index (κ2) is 6.15. The summed E-state index contributed by atoms with van der Waals surface area (Å²) >= 11 is 10.4. The van der Waals surface area contributed by atoms with Crippen LogP contribution in [0, 0.1) is 9.39 Å². The predicted molar refractivity (Wildman–Crippen MR) is 92.4 cm³/mol. The number of nitrogens with two attached hydrogens (primary N) is 1. The summed E-state index contributed by atoms with van der Waals surface area (Å²) in [6.45, 7) is 0.